The zero-order valence-corrected chi connectivity index (χ0v) is 11.9. The molecule has 1 saturated carbocycles. The van der Waals surface area contributed by atoms with E-state index in [0.29, 0.717) is 17.9 Å². The number of pyridine rings is 1. The van der Waals surface area contributed by atoms with Crippen molar-refractivity contribution < 1.29 is 4.79 Å². The number of nitrogens with zero attached hydrogens (tertiary/aromatic N) is 2. The Morgan fingerprint density at radius 3 is 2.95 bits per heavy atom. The van der Waals surface area contributed by atoms with E-state index in [1.54, 1.807) is 0 Å². The number of likely N-dealkylation sites (N-methyl/N-ethyl adjacent to an activating group) is 1. The van der Waals surface area contributed by atoms with Gasteiger partial charge in [-0.05, 0) is 49.4 Å². The molecule has 0 aliphatic heterocycles. The molecule has 0 spiro atoms. The van der Waals surface area contributed by atoms with Gasteiger partial charge >= 0.3 is 0 Å². The molecule has 2 aromatic heterocycles. The van der Waals surface area contributed by atoms with E-state index in [1.807, 2.05) is 11.9 Å². The number of hydrogen-bond acceptors (Lipinski definition) is 1. The highest BCUT2D eigenvalue weighted by molar-refractivity contribution is 5.81. The van der Waals surface area contributed by atoms with Crippen molar-refractivity contribution in [1.82, 2.24) is 9.30 Å². The fourth-order valence-electron chi connectivity index (χ4n) is 3.46. The van der Waals surface area contributed by atoms with Crippen LogP contribution in [0.25, 0.3) is 5.52 Å². The molecule has 4 rings (SSSR count). The van der Waals surface area contributed by atoms with Crippen LogP contribution in [0.5, 0.6) is 0 Å². The first-order valence-electron chi connectivity index (χ1n) is 7.58. The minimum Gasteiger partial charge on any atom is -0.342 e. The predicted molar refractivity (Wildman–Crippen MR) is 78.7 cm³/mol. The monoisotopic (exact) mass is 268 g/mol. The molecule has 1 fully saturated rings. The number of fused-ring (bicyclic) bond motifs is 3. The third-order valence-electron chi connectivity index (χ3n) is 4.87. The Labute approximate surface area is 119 Å². The largest absolute Gasteiger partial charge is 0.342 e. The number of hydrogen-bond donors (Lipinski definition) is 0. The fraction of sp³-hybridized carbons (Fsp3) is 0.471. The van der Waals surface area contributed by atoms with Crippen LogP contribution in [0.1, 0.15) is 30.5 Å². The molecule has 0 bridgehead atoms. The maximum Gasteiger partial charge on any atom is 0.225 e. The quantitative estimate of drug-likeness (QED) is 0.822. The van der Waals surface area contributed by atoms with Crippen LogP contribution in [0.4, 0.5) is 0 Å². The van der Waals surface area contributed by atoms with Crippen LogP contribution >= 0.6 is 0 Å². The summed E-state index contributed by atoms with van der Waals surface area (Å²) in [5, 5.41) is 0. The highest BCUT2D eigenvalue weighted by Crippen LogP contribution is 2.33. The van der Waals surface area contributed by atoms with Gasteiger partial charge in [0.25, 0.3) is 0 Å². The summed E-state index contributed by atoms with van der Waals surface area (Å²) in [4.78, 5) is 14.3. The van der Waals surface area contributed by atoms with E-state index in [-0.39, 0.29) is 0 Å². The van der Waals surface area contributed by atoms with Gasteiger partial charge in [-0.25, -0.2) is 0 Å². The van der Waals surface area contributed by atoms with Crippen LogP contribution in [0, 0.1) is 5.92 Å². The first-order chi connectivity index (χ1) is 9.74. The summed E-state index contributed by atoms with van der Waals surface area (Å²) in [7, 11) is 1.99. The third kappa shape index (κ3) is 1.84. The van der Waals surface area contributed by atoms with Crippen molar-refractivity contribution in [2.24, 2.45) is 5.92 Å². The first-order valence-corrected chi connectivity index (χ1v) is 7.58. The number of carbonyl (C=O) groups is 1. The summed E-state index contributed by atoms with van der Waals surface area (Å²) < 4.78 is 2.29. The highest BCUT2D eigenvalue weighted by atomic mass is 16.2. The predicted octanol–water partition coefficient (Wildman–Crippen LogP) is 2.67. The Morgan fingerprint density at radius 2 is 2.15 bits per heavy atom. The van der Waals surface area contributed by atoms with Crippen LogP contribution in [0.15, 0.2) is 30.5 Å². The minimum atomic E-state index is 0.324. The molecule has 3 nitrogen and oxygen atoms in total. The molecule has 1 atom stereocenters. The van der Waals surface area contributed by atoms with Crippen molar-refractivity contribution in [3.8, 4) is 0 Å². The van der Waals surface area contributed by atoms with Crippen molar-refractivity contribution in [2.75, 3.05) is 7.05 Å². The van der Waals surface area contributed by atoms with Crippen molar-refractivity contribution >= 4 is 11.4 Å². The molecule has 104 valence electrons. The summed E-state index contributed by atoms with van der Waals surface area (Å²) in [6, 6.07) is 8.99. The minimum absolute atomic E-state index is 0.324. The van der Waals surface area contributed by atoms with E-state index in [4.69, 9.17) is 0 Å². The van der Waals surface area contributed by atoms with Crippen LogP contribution in [-0.4, -0.2) is 28.3 Å². The highest BCUT2D eigenvalue weighted by Gasteiger charge is 2.35. The van der Waals surface area contributed by atoms with E-state index < -0.39 is 0 Å². The zero-order chi connectivity index (χ0) is 13.7. The molecule has 2 aliphatic carbocycles. The fourth-order valence-corrected chi connectivity index (χ4v) is 3.46. The maximum absolute atomic E-state index is 12.2. The summed E-state index contributed by atoms with van der Waals surface area (Å²) in [6.45, 7) is 0. The lowest BCUT2D eigenvalue weighted by molar-refractivity contribution is -0.133. The number of aromatic nitrogens is 1. The molecule has 3 heteroatoms. The number of amides is 1. The van der Waals surface area contributed by atoms with Crippen molar-refractivity contribution in [3.05, 3.63) is 41.7 Å². The number of carbonyl (C=O) groups excluding carboxylic acids is 1. The molecule has 20 heavy (non-hydrogen) atoms. The van der Waals surface area contributed by atoms with E-state index in [1.165, 1.54) is 16.8 Å². The van der Waals surface area contributed by atoms with Gasteiger partial charge in [0.05, 0.1) is 0 Å². The standard InChI is InChI=1S/C17H20N2O/c1-18(17(20)12-5-6-12)14-8-7-13-10-15-4-2-3-9-19(15)16(13)11-14/h2-4,9-10,12,14H,5-8,11H2,1H3/t14-/m1/s1. The Morgan fingerprint density at radius 1 is 1.30 bits per heavy atom. The lowest BCUT2D eigenvalue weighted by Crippen LogP contribution is -2.41. The van der Waals surface area contributed by atoms with Gasteiger partial charge in [0.2, 0.25) is 5.91 Å². The zero-order valence-electron chi connectivity index (χ0n) is 11.9. The second-order valence-electron chi connectivity index (χ2n) is 6.23. The summed E-state index contributed by atoms with van der Waals surface area (Å²) in [5.74, 6) is 0.685. The van der Waals surface area contributed by atoms with Crippen LogP contribution in [0.3, 0.4) is 0 Å². The molecule has 2 heterocycles. The van der Waals surface area contributed by atoms with Gasteiger partial charge < -0.3 is 9.30 Å². The molecule has 0 N–H and O–H groups in total. The Balaban J connectivity index is 1.63. The average molecular weight is 268 g/mol. The third-order valence-corrected chi connectivity index (χ3v) is 4.87. The molecule has 1 amide bonds. The van der Waals surface area contributed by atoms with E-state index in [0.717, 1.165) is 32.1 Å². The van der Waals surface area contributed by atoms with E-state index >= 15 is 0 Å². The maximum atomic E-state index is 12.2. The van der Waals surface area contributed by atoms with E-state index in [2.05, 4.69) is 34.9 Å². The van der Waals surface area contributed by atoms with E-state index in [9.17, 15) is 4.79 Å². The molecular formula is C17H20N2O. The topological polar surface area (TPSA) is 24.7 Å². The number of aryl methyl sites for hydroxylation is 1. The smallest absolute Gasteiger partial charge is 0.225 e. The van der Waals surface area contributed by atoms with Crippen LogP contribution < -0.4 is 0 Å². The Bertz CT molecular complexity index is 669. The van der Waals surface area contributed by atoms with Crippen molar-refractivity contribution in [3.63, 3.8) is 0 Å². The lowest BCUT2D eigenvalue weighted by Gasteiger charge is -2.31. The lowest BCUT2D eigenvalue weighted by atomic mass is 9.92. The second-order valence-corrected chi connectivity index (χ2v) is 6.23. The van der Waals surface area contributed by atoms with Gasteiger partial charge in [0.1, 0.15) is 0 Å². The Hall–Kier alpha value is -1.77. The van der Waals surface area contributed by atoms with Gasteiger partial charge in [0, 0.05) is 42.8 Å². The second kappa shape index (κ2) is 4.37. The molecule has 0 unspecified atom stereocenters. The van der Waals surface area contributed by atoms with Gasteiger partial charge in [-0.3, -0.25) is 4.79 Å². The molecular weight excluding hydrogens is 248 g/mol. The molecule has 0 saturated heterocycles. The summed E-state index contributed by atoms with van der Waals surface area (Å²) in [5.41, 5.74) is 4.13. The summed E-state index contributed by atoms with van der Waals surface area (Å²) >= 11 is 0. The molecule has 0 radical (unpaired) electrons. The molecule has 0 aromatic carbocycles. The van der Waals surface area contributed by atoms with Gasteiger partial charge in [-0.15, -0.1) is 0 Å². The molecule has 2 aromatic rings. The Kier molecular flexibility index (Phi) is 2.62. The van der Waals surface area contributed by atoms with Crippen LogP contribution in [0.2, 0.25) is 0 Å². The average Bonchev–Trinajstić information content (AvgIpc) is 3.26. The van der Waals surface area contributed by atoms with Gasteiger partial charge in [0.15, 0.2) is 0 Å². The first kappa shape index (κ1) is 12.0. The van der Waals surface area contributed by atoms with Crippen molar-refractivity contribution in [2.45, 2.75) is 38.1 Å². The molecule has 2 aliphatic rings. The van der Waals surface area contributed by atoms with Crippen molar-refractivity contribution in [1.29, 1.82) is 0 Å². The van der Waals surface area contributed by atoms with Crippen LogP contribution in [-0.2, 0) is 17.6 Å². The number of rotatable bonds is 2. The van der Waals surface area contributed by atoms with Gasteiger partial charge in [-0.2, -0.15) is 0 Å². The van der Waals surface area contributed by atoms with Gasteiger partial charge in [-0.1, -0.05) is 6.07 Å². The SMILES string of the molecule is CN(C(=O)C1CC1)[C@@H]1CCc2cc3ccccn3c2C1. The summed E-state index contributed by atoms with van der Waals surface area (Å²) in [6.07, 6.45) is 7.49. The normalized spacial score (nSPS) is 21.8.